The number of aryl methyl sites for hydroxylation is 1. The average molecular weight is 580 g/mol. The van der Waals surface area contributed by atoms with Gasteiger partial charge in [0.1, 0.15) is 18.7 Å². The summed E-state index contributed by atoms with van der Waals surface area (Å²) in [5, 5.41) is 1.93. The van der Waals surface area contributed by atoms with E-state index in [1.807, 2.05) is 36.4 Å². The molecule has 0 aliphatic carbocycles. The minimum atomic E-state index is -2.87. The maximum atomic E-state index is 13.5. The number of esters is 1. The van der Waals surface area contributed by atoms with Gasteiger partial charge in [-0.05, 0) is 43.1 Å². The van der Waals surface area contributed by atoms with Crippen LogP contribution in [0.2, 0.25) is 5.04 Å². The van der Waals surface area contributed by atoms with Crippen molar-refractivity contribution in [2.45, 2.75) is 65.7 Å². The Labute approximate surface area is 242 Å². The Kier molecular flexibility index (Phi) is 9.93. The van der Waals surface area contributed by atoms with E-state index in [-0.39, 0.29) is 31.3 Å². The number of aromatic nitrogens is 2. The Morgan fingerprint density at radius 1 is 0.902 bits per heavy atom. The molecule has 0 spiro atoms. The zero-order valence-corrected chi connectivity index (χ0v) is 26.0. The van der Waals surface area contributed by atoms with Crippen LogP contribution in [-0.2, 0) is 25.3 Å². The van der Waals surface area contributed by atoms with Crippen molar-refractivity contribution in [3.8, 4) is 0 Å². The van der Waals surface area contributed by atoms with Crippen LogP contribution < -0.4 is 21.6 Å². The number of amides is 1. The molecule has 0 bridgehead atoms. The fourth-order valence-corrected chi connectivity index (χ4v) is 9.43. The molecule has 1 N–H and O–H groups in total. The molecule has 0 saturated carbocycles. The summed E-state index contributed by atoms with van der Waals surface area (Å²) < 4.78 is 13.5. The van der Waals surface area contributed by atoms with Gasteiger partial charge in [0.05, 0.1) is 6.61 Å². The van der Waals surface area contributed by atoms with Crippen molar-refractivity contribution >= 4 is 30.6 Å². The number of rotatable bonds is 10. The second kappa shape index (κ2) is 12.8. The van der Waals surface area contributed by atoms with E-state index >= 15 is 0 Å². The van der Waals surface area contributed by atoms with Crippen molar-refractivity contribution in [1.29, 1.82) is 0 Å². The van der Waals surface area contributed by atoms with Crippen molar-refractivity contribution in [3.05, 3.63) is 93.3 Å². The minimum Gasteiger partial charge on any atom is -0.459 e. The predicted octanol–water partition coefficient (Wildman–Crippen LogP) is 2.59. The van der Waals surface area contributed by atoms with Gasteiger partial charge in [-0.25, -0.2) is 4.79 Å². The molecule has 1 amide bonds. The summed E-state index contributed by atoms with van der Waals surface area (Å²) in [7, 11) is -2.87. The van der Waals surface area contributed by atoms with Gasteiger partial charge in [0.2, 0.25) is 5.91 Å². The molecule has 0 atom stereocenters. The molecule has 1 aromatic heterocycles. The van der Waals surface area contributed by atoms with Crippen LogP contribution in [0.25, 0.3) is 0 Å². The molecule has 3 rings (SSSR count). The van der Waals surface area contributed by atoms with E-state index in [4.69, 9.17) is 9.16 Å². The lowest BCUT2D eigenvalue weighted by molar-refractivity contribution is -0.159. The van der Waals surface area contributed by atoms with E-state index in [9.17, 15) is 19.2 Å². The van der Waals surface area contributed by atoms with Crippen LogP contribution in [0.1, 0.15) is 47.1 Å². The second-order valence-corrected chi connectivity index (χ2v) is 16.4. The summed E-state index contributed by atoms with van der Waals surface area (Å²) in [4.78, 5) is 54.0. The lowest BCUT2D eigenvalue weighted by atomic mass is 10.2. The number of carbonyl (C=O) groups is 2. The van der Waals surface area contributed by atoms with E-state index in [2.05, 4.69) is 50.0 Å². The summed E-state index contributed by atoms with van der Waals surface area (Å²) in [6.07, 6.45) is 1.34. The molecule has 0 radical (unpaired) electrons. The number of hydrogen-bond donors (Lipinski definition) is 1. The van der Waals surface area contributed by atoms with Crippen LogP contribution in [-0.4, -0.2) is 59.9 Å². The highest BCUT2D eigenvalue weighted by molar-refractivity contribution is 6.99. The highest BCUT2D eigenvalue weighted by Gasteiger charge is 2.50. The molecule has 0 aliphatic rings. The number of nitrogens with zero attached hydrogens (tertiary/aromatic N) is 2. The van der Waals surface area contributed by atoms with Gasteiger partial charge in [-0.15, -0.1) is 0 Å². The van der Waals surface area contributed by atoms with Gasteiger partial charge in [-0.2, -0.15) is 0 Å². The van der Waals surface area contributed by atoms with Crippen LogP contribution >= 0.6 is 0 Å². The zero-order chi connectivity index (χ0) is 30.4. The number of H-pyrrole nitrogens is 1. The van der Waals surface area contributed by atoms with Crippen molar-refractivity contribution < 1.29 is 18.8 Å². The molecule has 2 aromatic carbocycles. The first-order valence-corrected chi connectivity index (χ1v) is 15.6. The van der Waals surface area contributed by atoms with Gasteiger partial charge in [0.15, 0.2) is 0 Å². The van der Waals surface area contributed by atoms with Crippen LogP contribution in [0.15, 0.2) is 76.4 Å². The van der Waals surface area contributed by atoms with E-state index in [1.54, 1.807) is 27.7 Å². The first-order chi connectivity index (χ1) is 19.1. The quantitative estimate of drug-likeness (QED) is 0.292. The molecule has 10 heteroatoms. The van der Waals surface area contributed by atoms with Crippen LogP contribution in [0, 0.1) is 6.92 Å². The summed E-state index contributed by atoms with van der Waals surface area (Å²) in [5.41, 5.74) is -1.65. The molecule has 3 aromatic rings. The molecular weight excluding hydrogens is 538 g/mol. The summed E-state index contributed by atoms with van der Waals surface area (Å²) in [5.74, 6) is -1.04. The van der Waals surface area contributed by atoms with Gasteiger partial charge in [0.25, 0.3) is 13.9 Å². The molecular formula is C31H41N3O6Si. The summed E-state index contributed by atoms with van der Waals surface area (Å²) >= 11 is 0. The Bertz CT molecular complexity index is 1410. The molecule has 9 nitrogen and oxygen atoms in total. The van der Waals surface area contributed by atoms with Crippen LogP contribution in [0.4, 0.5) is 0 Å². The third kappa shape index (κ3) is 7.92. The second-order valence-electron chi connectivity index (χ2n) is 12.1. The number of hydrogen-bond acceptors (Lipinski definition) is 6. The Morgan fingerprint density at radius 3 is 1.93 bits per heavy atom. The number of carbonyl (C=O) groups excluding carboxylic acids is 2. The smallest absolute Gasteiger partial charge is 0.328 e. The average Bonchev–Trinajstić information content (AvgIpc) is 2.88. The van der Waals surface area contributed by atoms with Crippen LogP contribution in [0.5, 0.6) is 0 Å². The summed E-state index contributed by atoms with van der Waals surface area (Å²) in [6.45, 7) is 12.9. The molecule has 0 saturated heterocycles. The van der Waals surface area contributed by atoms with Crippen molar-refractivity contribution in [2.75, 3.05) is 19.7 Å². The standard InChI is InChI=1S/C31H41N3O6Si/c1-23-20-34(29(38)32-28(23)37)21-26(35)33(22-27(36)40-30(2,3)4)18-19-39-41(31(5,6)7,24-14-10-8-11-15-24)25-16-12-9-13-17-25/h8-17,20H,18-19,21-22H2,1-7H3,(H,32,37,38). The van der Waals surface area contributed by atoms with Gasteiger partial charge in [-0.3, -0.25) is 23.9 Å². The SMILES string of the molecule is Cc1cn(CC(=O)N(CCO[Si](c2ccccc2)(c2ccccc2)C(C)(C)C)CC(=O)OC(C)(C)C)c(=O)[nH]c1=O. The third-order valence-corrected chi connectivity index (χ3v) is 11.7. The fraction of sp³-hybridized carbons (Fsp3) is 0.419. The number of nitrogens with one attached hydrogen (secondary N) is 1. The Hall–Kier alpha value is -3.76. The van der Waals surface area contributed by atoms with E-state index in [1.165, 1.54) is 11.1 Å². The first-order valence-electron chi connectivity index (χ1n) is 13.7. The fourth-order valence-electron chi connectivity index (χ4n) is 4.87. The zero-order valence-electron chi connectivity index (χ0n) is 25.0. The van der Waals surface area contributed by atoms with Gasteiger partial charge in [0, 0.05) is 18.3 Å². The third-order valence-electron chi connectivity index (χ3n) is 6.68. The largest absolute Gasteiger partial charge is 0.459 e. The lowest BCUT2D eigenvalue weighted by Gasteiger charge is -2.43. The van der Waals surface area contributed by atoms with Crippen molar-refractivity contribution in [3.63, 3.8) is 0 Å². The highest BCUT2D eigenvalue weighted by Crippen LogP contribution is 2.36. The molecule has 220 valence electrons. The van der Waals surface area contributed by atoms with Crippen molar-refractivity contribution in [1.82, 2.24) is 14.5 Å². The normalized spacial score (nSPS) is 12.2. The maximum absolute atomic E-state index is 13.5. The van der Waals surface area contributed by atoms with E-state index < -0.39 is 37.0 Å². The molecule has 0 fully saturated rings. The molecule has 1 heterocycles. The molecule has 0 aliphatic heterocycles. The van der Waals surface area contributed by atoms with Gasteiger partial charge >= 0.3 is 11.7 Å². The highest BCUT2D eigenvalue weighted by atomic mass is 28.4. The topological polar surface area (TPSA) is 111 Å². The van der Waals surface area contributed by atoms with E-state index in [0.717, 1.165) is 14.9 Å². The van der Waals surface area contributed by atoms with Crippen molar-refractivity contribution in [2.24, 2.45) is 0 Å². The lowest BCUT2D eigenvalue weighted by Crippen LogP contribution is -2.67. The molecule has 0 unspecified atom stereocenters. The maximum Gasteiger partial charge on any atom is 0.328 e. The Balaban J connectivity index is 1.94. The van der Waals surface area contributed by atoms with Gasteiger partial charge < -0.3 is 14.1 Å². The predicted molar refractivity (Wildman–Crippen MR) is 162 cm³/mol. The molecule has 41 heavy (non-hydrogen) atoms. The van der Waals surface area contributed by atoms with Crippen LogP contribution in [0.3, 0.4) is 0 Å². The van der Waals surface area contributed by atoms with E-state index in [0.29, 0.717) is 5.56 Å². The monoisotopic (exact) mass is 579 g/mol. The number of benzene rings is 2. The Morgan fingerprint density at radius 2 is 1.44 bits per heavy atom. The van der Waals surface area contributed by atoms with Gasteiger partial charge in [-0.1, -0.05) is 81.4 Å². The minimum absolute atomic E-state index is 0.0969. The first kappa shape index (κ1) is 31.8. The summed E-state index contributed by atoms with van der Waals surface area (Å²) in [6, 6.07) is 20.3. The number of aromatic amines is 1. The number of ether oxygens (including phenoxy) is 1.